The minimum atomic E-state index is 0.0194. The molecule has 0 saturated carbocycles. The van der Waals surface area contributed by atoms with Gasteiger partial charge in [0.15, 0.2) is 0 Å². The number of hydrogen-bond donors (Lipinski definition) is 1. The van der Waals surface area contributed by atoms with Crippen molar-refractivity contribution in [3.05, 3.63) is 12.2 Å². The third kappa shape index (κ3) is 2.87. The standard InChI is InChI=1S/C13H23N3O/c1-15(2)12-4-3-7-16(9-12)13(17)10-5-6-11(14)8-10/h5-6,10-12H,3-4,7-9,14H2,1-2H3. The number of carbonyl (C=O) groups excluding carboxylic acids is 1. The molecule has 2 N–H and O–H groups in total. The van der Waals surface area contributed by atoms with Gasteiger partial charge in [0.05, 0.1) is 5.92 Å². The summed E-state index contributed by atoms with van der Waals surface area (Å²) >= 11 is 0. The lowest BCUT2D eigenvalue weighted by Crippen LogP contribution is -2.49. The molecule has 96 valence electrons. The fourth-order valence-electron chi connectivity index (χ4n) is 2.72. The molecule has 0 radical (unpaired) electrons. The zero-order chi connectivity index (χ0) is 12.4. The lowest BCUT2D eigenvalue weighted by Gasteiger charge is -2.37. The summed E-state index contributed by atoms with van der Waals surface area (Å²) in [4.78, 5) is 16.5. The Morgan fingerprint density at radius 3 is 2.76 bits per heavy atom. The van der Waals surface area contributed by atoms with Crippen LogP contribution in [0.15, 0.2) is 12.2 Å². The molecule has 0 aromatic rings. The molecule has 3 atom stereocenters. The van der Waals surface area contributed by atoms with Crippen molar-refractivity contribution in [3.63, 3.8) is 0 Å². The van der Waals surface area contributed by atoms with E-state index in [-0.39, 0.29) is 17.9 Å². The monoisotopic (exact) mass is 237 g/mol. The van der Waals surface area contributed by atoms with Crippen molar-refractivity contribution < 1.29 is 4.79 Å². The SMILES string of the molecule is CN(C)C1CCCN(C(=O)C2C=CC(N)C2)C1. The van der Waals surface area contributed by atoms with Crippen molar-refractivity contribution in [2.45, 2.75) is 31.3 Å². The van der Waals surface area contributed by atoms with Crippen LogP contribution in [0.2, 0.25) is 0 Å². The van der Waals surface area contributed by atoms with E-state index >= 15 is 0 Å². The molecule has 1 fully saturated rings. The van der Waals surface area contributed by atoms with Crippen molar-refractivity contribution in [2.75, 3.05) is 27.2 Å². The third-order valence-corrected chi connectivity index (χ3v) is 3.87. The van der Waals surface area contributed by atoms with Gasteiger partial charge in [0.25, 0.3) is 0 Å². The molecular formula is C13H23N3O. The number of carbonyl (C=O) groups is 1. The molecule has 3 unspecified atom stereocenters. The molecule has 4 nitrogen and oxygen atoms in total. The van der Waals surface area contributed by atoms with Gasteiger partial charge in [0.2, 0.25) is 5.91 Å². The zero-order valence-corrected chi connectivity index (χ0v) is 10.8. The normalized spacial score (nSPS) is 33.4. The molecule has 1 amide bonds. The van der Waals surface area contributed by atoms with Gasteiger partial charge in [-0.25, -0.2) is 0 Å². The van der Waals surface area contributed by atoms with Crippen molar-refractivity contribution in [2.24, 2.45) is 11.7 Å². The molecule has 0 spiro atoms. The molecule has 2 aliphatic rings. The fourth-order valence-corrected chi connectivity index (χ4v) is 2.72. The summed E-state index contributed by atoms with van der Waals surface area (Å²) < 4.78 is 0. The molecule has 1 heterocycles. The van der Waals surface area contributed by atoms with E-state index < -0.39 is 0 Å². The van der Waals surface area contributed by atoms with Crippen LogP contribution >= 0.6 is 0 Å². The first kappa shape index (κ1) is 12.6. The third-order valence-electron chi connectivity index (χ3n) is 3.87. The van der Waals surface area contributed by atoms with E-state index in [1.165, 1.54) is 6.42 Å². The quantitative estimate of drug-likeness (QED) is 0.709. The second-order valence-corrected chi connectivity index (χ2v) is 5.43. The molecule has 0 aromatic carbocycles. The summed E-state index contributed by atoms with van der Waals surface area (Å²) in [6.45, 7) is 1.77. The Balaban J connectivity index is 1.93. The molecule has 4 heteroatoms. The number of likely N-dealkylation sites (tertiary alicyclic amines) is 1. The Morgan fingerprint density at radius 1 is 1.41 bits per heavy atom. The van der Waals surface area contributed by atoms with Crippen LogP contribution in [0.5, 0.6) is 0 Å². The Labute approximate surface area is 103 Å². The van der Waals surface area contributed by atoms with E-state index in [1.807, 2.05) is 17.1 Å². The Bertz CT molecular complexity index is 314. The minimum absolute atomic E-state index is 0.0194. The molecule has 1 aliphatic heterocycles. The lowest BCUT2D eigenvalue weighted by atomic mass is 10.0. The molecule has 1 saturated heterocycles. The van der Waals surface area contributed by atoms with Crippen LogP contribution < -0.4 is 5.73 Å². The Hall–Kier alpha value is -0.870. The average Bonchev–Trinajstić information content (AvgIpc) is 2.75. The van der Waals surface area contributed by atoms with Gasteiger partial charge in [-0.3, -0.25) is 4.79 Å². The van der Waals surface area contributed by atoms with Gasteiger partial charge < -0.3 is 15.5 Å². The molecule has 0 aromatic heterocycles. The Morgan fingerprint density at radius 2 is 2.18 bits per heavy atom. The van der Waals surface area contributed by atoms with Crippen LogP contribution in [-0.2, 0) is 4.79 Å². The van der Waals surface area contributed by atoms with Crippen LogP contribution in [0, 0.1) is 5.92 Å². The second kappa shape index (κ2) is 5.19. The maximum absolute atomic E-state index is 12.3. The topological polar surface area (TPSA) is 49.6 Å². The van der Waals surface area contributed by atoms with Gasteiger partial charge >= 0.3 is 0 Å². The highest BCUT2D eigenvalue weighted by molar-refractivity contribution is 5.81. The molecular weight excluding hydrogens is 214 g/mol. The van der Waals surface area contributed by atoms with E-state index in [0.717, 1.165) is 25.9 Å². The van der Waals surface area contributed by atoms with Crippen molar-refractivity contribution in [1.29, 1.82) is 0 Å². The van der Waals surface area contributed by atoms with E-state index in [4.69, 9.17) is 5.73 Å². The fraction of sp³-hybridized carbons (Fsp3) is 0.769. The maximum atomic E-state index is 12.3. The van der Waals surface area contributed by atoms with Crippen molar-refractivity contribution >= 4 is 5.91 Å². The summed E-state index contributed by atoms with van der Waals surface area (Å²) in [5.74, 6) is 0.284. The number of nitrogens with zero attached hydrogens (tertiary/aromatic N) is 2. The maximum Gasteiger partial charge on any atom is 0.229 e. The van der Waals surface area contributed by atoms with Crippen molar-refractivity contribution in [3.8, 4) is 0 Å². The number of amides is 1. The van der Waals surface area contributed by atoms with Crippen LogP contribution in [0.25, 0.3) is 0 Å². The van der Waals surface area contributed by atoms with Crippen molar-refractivity contribution in [1.82, 2.24) is 9.80 Å². The molecule has 0 bridgehead atoms. The van der Waals surface area contributed by atoms with Crippen LogP contribution in [0.1, 0.15) is 19.3 Å². The summed E-state index contributed by atoms with van der Waals surface area (Å²) in [5.41, 5.74) is 5.80. The first-order valence-corrected chi connectivity index (χ1v) is 6.47. The smallest absolute Gasteiger partial charge is 0.229 e. The van der Waals surface area contributed by atoms with Crippen LogP contribution in [0.3, 0.4) is 0 Å². The highest BCUT2D eigenvalue weighted by Gasteiger charge is 2.30. The van der Waals surface area contributed by atoms with Crippen LogP contribution in [-0.4, -0.2) is 55.0 Å². The predicted molar refractivity (Wildman–Crippen MR) is 68.5 cm³/mol. The number of nitrogens with two attached hydrogens (primary N) is 1. The van der Waals surface area contributed by atoms with Gasteiger partial charge in [-0.15, -0.1) is 0 Å². The van der Waals surface area contributed by atoms with Gasteiger partial charge in [-0.05, 0) is 33.4 Å². The summed E-state index contributed by atoms with van der Waals surface area (Å²) in [5, 5.41) is 0. The highest BCUT2D eigenvalue weighted by Crippen LogP contribution is 2.22. The number of rotatable bonds is 2. The summed E-state index contributed by atoms with van der Waals surface area (Å²) in [6, 6.07) is 0.574. The van der Waals surface area contributed by atoms with Crippen LogP contribution in [0.4, 0.5) is 0 Å². The molecule has 2 rings (SSSR count). The first-order chi connectivity index (χ1) is 8.08. The van der Waals surface area contributed by atoms with Gasteiger partial charge in [-0.1, -0.05) is 12.2 Å². The zero-order valence-electron chi connectivity index (χ0n) is 10.8. The van der Waals surface area contributed by atoms with Gasteiger partial charge in [0, 0.05) is 25.2 Å². The lowest BCUT2D eigenvalue weighted by molar-refractivity contribution is -0.136. The van der Waals surface area contributed by atoms with Gasteiger partial charge in [0.1, 0.15) is 0 Å². The van der Waals surface area contributed by atoms with E-state index in [2.05, 4.69) is 19.0 Å². The van der Waals surface area contributed by atoms with E-state index in [0.29, 0.717) is 6.04 Å². The number of likely N-dealkylation sites (N-methyl/N-ethyl adjacent to an activating group) is 1. The molecule has 17 heavy (non-hydrogen) atoms. The minimum Gasteiger partial charge on any atom is -0.341 e. The molecule has 1 aliphatic carbocycles. The largest absolute Gasteiger partial charge is 0.341 e. The summed E-state index contributed by atoms with van der Waals surface area (Å²) in [6.07, 6.45) is 7.01. The predicted octanol–water partition coefficient (Wildman–Crippen LogP) is 0.442. The van der Waals surface area contributed by atoms with Gasteiger partial charge in [-0.2, -0.15) is 0 Å². The van der Waals surface area contributed by atoms with E-state index in [9.17, 15) is 4.79 Å². The number of piperidine rings is 1. The number of hydrogen-bond acceptors (Lipinski definition) is 3. The Kier molecular flexibility index (Phi) is 3.84. The average molecular weight is 237 g/mol. The highest BCUT2D eigenvalue weighted by atomic mass is 16.2. The summed E-state index contributed by atoms with van der Waals surface area (Å²) in [7, 11) is 4.17. The first-order valence-electron chi connectivity index (χ1n) is 6.47. The second-order valence-electron chi connectivity index (χ2n) is 5.43. The van der Waals surface area contributed by atoms with E-state index in [1.54, 1.807) is 0 Å².